The Hall–Kier alpha value is -2.15. The van der Waals surface area contributed by atoms with Gasteiger partial charge in [0.15, 0.2) is 0 Å². The van der Waals surface area contributed by atoms with Gasteiger partial charge >= 0.3 is 0 Å². The second-order valence-electron chi connectivity index (χ2n) is 7.42. The third-order valence-electron chi connectivity index (χ3n) is 5.13. The Labute approximate surface area is 183 Å². The molecule has 1 amide bonds. The van der Waals surface area contributed by atoms with Gasteiger partial charge in [-0.15, -0.1) is 0 Å². The van der Waals surface area contributed by atoms with E-state index in [0.29, 0.717) is 11.6 Å². The van der Waals surface area contributed by atoms with Gasteiger partial charge in [0.05, 0.1) is 11.4 Å². The third kappa shape index (κ3) is 6.42. The Kier molecular flexibility index (Phi) is 8.08. The van der Waals surface area contributed by atoms with Gasteiger partial charge in [-0.05, 0) is 61.9 Å². The molecule has 2 aromatic carbocycles. The minimum atomic E-state index is -3.82. The fourth-order valence-corrected chi connectivity index (χ4v) is 5.00. The van der Waals surface area contributed by atoms with Gasteiger partial charge in [0.2, 0.25) is 15.9 Å². The first-order valence-electron chi connectivity index (χ1n) is 10.2. The lowest BCUT2D eigenvalue weighted by Crippen LogP contribution is -2.40. The largest absolute Gasteiger partial charge is 0.355 e. The van der Waals surface area contributed by atoms with E-state index < -0.39 is 10.0 Å². The molecule has 0 radical (unpaired) electrons. The van der Waals surface area contributed by atoms with Crippen molar-refractivity contribution < 1.29 is 13.2 Å². The van der Waals surface area contributed by atoms with Gasteiger partial charge in [-0.1, -0.05) is 53.6 Å². The number of nitrogens with zero attached hydrogens (tertiary/aromatic N) is 1. The Balaban J connectivity index is 1.69. The highest BCUT2D eigenvalue weighted by Crippen LogP contribution is 2.20. The second kappa shape index (κ2) is 10.8. The lowest BCUT2D eigenvalue weighted by atomic mass is 9.97. The molecule has 0 aliphatic heterocycles. The van der Waals surface area contributed by atoms with E-state index in [2.05, 4.69) is 11.4 Å². The van der Waals surface area contributed by atoms with E-state index in [0.717, 1.165) is 24.8 Å². The van der Waals surface area contributed by atoms with Crippen molar-refractivity contribution in [1.82, 2.24) is 9.62 Å². The number of rotatable bonds is 9. The Morgan fingerprint density at radius 3 is 2.43 bits per heavy atom. The van der Waals surface area contributed by atoms with Crippen molar-refractivity contribution in [2.45, 2.75) is 43.5 Å². The summed E-state index contributed by atoms with van der Waals surface area (Å²) < 4.78 is 27.6. The number of benzene rings is 2. The minimum Gasteiger partial charge on any atom is -0.355 e. The van der Waals surface area contributed by atoms with Gasteiger partial charge in [0.25, 0.3) is 0 Å². The number of sulfonamides is 1. The van der Waals surface area contributed by atoms with E-state index in [4.69, 9.17) is 11.6 Å². The van der Waals surface area contributed by atoms with Crippen LogP contribution in [0.4, 0.5) is 0 Å². The summed E-state index contributed by atoms with van der Waals surface area (Å²) in [6.07, 6.45) is 7.68. The van der Waals surface area contributed by atoms with Gasteiger partial charge < -0.3 is 5.32 Å². The molecule has 0 aromatic heterocycles. The molecule has 3 rings (SSSR count). The van der Waals surface area contributed by atoms with Crippen LogP contribution in [0.25, 0.3) is 0 Å². The highest BCUT2D eigenvalue weighted by Gasteiger charge is 2.26. The van der Waals surface area contributed by atoms with Crippen LogP contribution in [0.15, 0.2) is 71.1 Å². The predicted molar refractivity (Wildman–Crippen MR) is 120 cm³/mol. The molecule has 0 saturated heterocycles. The van der Waals surface area contributed by atoms with Crippen molar-refractivity contribution in [1.29, 1.82) is 0 Å². The number of carbonyl (C=O) groups is 1. The molecule has 1 N–H and O–H groups in total. The van der Waals surface area contributed by atoms with Crippen molar-refractivity contribution in [3.63, 3.8) is 0 Å². The molecule has 7 heteroatoms. The molecular formula is C23H27ClN2O3S. The number of hydrogen-bond acceptors (Lipinski definition) is 3. The predicted octanol–water partition coefficient (Wildman–Crippen LogP) is 4.54. The highest BCUT2D eigenvalue weighted by atomic mass is 35.5. The van der Waals surface area contributed by atoms with Crippen LogP contribution >= 0.6 is 11.6 Å². The first kappa shape index (κ1) is 22.5. The van der Waals surface area contributed by atoms with E-state index in [1.807, 2.05) is 0 Å². The normalized spacial score (nSPS) is 14.4. The van der Waals surface area contributed by atoms with E-state index in [-0.39, 0.29) is 23.9 Å². The zero-order valence-corrected chi connectivity index (χ0v) is 18.5. The topological polar surface area (TPSA) is 66.5 Å². The SMILES string of the molecule is O=C(CN(Cc1ccc(Cl)cc1)S(=O)(=O)c1ccccc1)NCCC1=CCCCC1. The maximum Gasteiger partial charge on any atom is 0.243 e. The smallest absolute Gasteiger partial charge is 0.243 e. The van der Waals surface area contributed by atoms with Gasteiger partial charge in [0.1, 0.15) is 0 Å². The summed E-state index contributed by atoms with van der Waals surface area (Å²) in [5.74, 6) is -0.306. The number of hydrogen-bond donors (Lipinski definition) is 1. The summed E-state index contributed by atoms with van der Waals surface area (Å²) >= 11 is 5.94. The average Bonchev–Trinajstić information content (AvgIpc) is 2.76. The lowest BCUT2D eigenvalue weighted by molar-refractivity contribution is -0.121. The van der Waals surface area contributed by atoms with Gasteiger partial charge in [0, 0.05) is 18.1 Å². The van der Waals surface area contributed by atoms with E-state index in [9.17, 15) is 13.2 Å². The molecule has 1 aliphatic rings. The second-order valence-corrected chi connectivity index (χ2v) is 9.80. The monoisotopic (exact) mass is 446 g/mol. The molecular weight excluding hydrogens is 420 g/mol. The zero-order chi connectivity index (χ0) is 21.4. The molecule has 160 valence electrons. The average molecular weight is 447 g/mol. The first-order valence-corrected chi connectivity index (χ1v) is 12.0. The van der Waals surface area contributed by atoms with Crippen LogP contribution in [0.2, 0.25) is 5.02 Å². The Bertz CT molecular complexity index is 973. The highest BCUT2D eigenvalue weighted by molar-refractivity contribution is 7.89. The van der Waals surface area contributed by atoms with Crippen LogP contribution in [0.3, 0.4) is 0 Å². The molecule has 0 spiro atoms. The zero-order valence-electron chi connectivity index (χ0n) is 16.9. The van der Waals surface area contributed by atoms with Gasteiger partial charge in [-0.2, -0.15) is 4.31 Å². The van der Waals surface area contributed by atoms with Crippen molar-refractivity contribution in [2.24, 2.45) is 0 Å². The van der Waals surface area contributed by atoms with E-state index in [1.54, 1.807) is 42.5 Å². The van der Waals surface area contributed by atoms with Crippen LogP contribution in [0, 0.1) is 0 Å². The fourth-order valence-electron chi connectivity index (χ4n) is 3.47. The maximum atomic E-state index is 13.2. The van der Waals surface area contributed by atoms with Crippen molar-refractivity contribution >= 4 is 27.5 Å². The van der Waals surface area contributed by atoms with Gasteiger partial charge in [-0.25, -0.2) is 8.42 Å². The molecule has 2 aromatic rings. The van der Waals surface area contributed by atoms with Gasteiger partial charge in [-0.3, -0.25) is 4.79 Å². The molecule has 0 unspecified atom stereocenters. The third-order valence-corrected chi connectivity index (χ3v) is 7.18. The van der Waals surface area contributed by atoms with Crippen LogP contribution in [0.5, 0.6) is 0 Å². The van der Waals surface area contributed by atoms with Crippen molar-refractivity contribution in [3.05, 3.63) is 76.8 Å². The molecule has 0 fully saturated rings. The van der Waals surface area contributed by atoms with Crippen LogP contribution in [-0.2, 0) is 21.4 Å². The minimum absolute atomic E-state index is 0.0902. The number of allylic oxidation sites excluding steroid dienone is 1. The summed E-state index contributed by atoms with van der Waals surface area (Å²) in [6, 6.07) is 15.1. The van der Waals surface area contributed by atoms with E-state index >= 15 is 0 Å². The number of carbonyl (C=O) groups excluding carboxylic acids is 1. The maximum absolute atomic E-state index is 13.2. The Morgan fingerprint density at radius 2 is 1.77 bits per heavy atom. The van der Waals surface area contributed by atoms with E-state index in [1.165, 1.54) is 34.9 Å². The lowest BCUT2D eigenvalue weighted by Gasteiger charge is -2.22. The quantitative estimate of drug-likeness (QED) is 0.575. The number of amides is 1. The summed E-state index contributed by atoms with van der Waals surface area (Å²) in [5.41, 5.74) is 2.13. The summed E-state index contributed by atoms with van der Waals surface area (Å²) in [6.45, 7) is 0.372. The molecule has 0 bridgehead atoms. The van der Waals surface area contributed by atoms with Crippen molar-refractivity contribution in [2.75, 3.05) is 13.1 Å². The van der Waals surface area contributed by atoms with Crippen LogP contribution < -0.4 is 5.32 Å². The van der Waals surface area contributed by atoms with Crippen molar-refractivity contribution in [3.8, 4) is 0 Å². The molecule has 0 heterocycles. The van der Waals surface area contributed by atoms with Crippen LogP contribution in [-0.4, -0.2) is 31.7 Å². The number of nitrogens with one attached hydrogen (secondary N) is 1. The Morgan fingerprint density at radius 1 is 1.03 bits per heavy atom. The fraction of sp³-hybridized carbons (Fsp3) is 0.348. The molecule has 0 saturated carbocycles. The van der Waals surface area contributed by atoms with Crippen LogP contribution in [0.1, 0.15) is 37.7 Å². The molecule has 1 aliphatic carbocycles. The molecule has 30 heavy (non-hydrogen) atoms. The first-order chi connectivity index (χ1) is 14.4. The summed E-state index contributed by atoms with van der Waals surface area (Å²) in [4.78, 5) is 12.7. The number of halogens is 1. The summed E-state index contributed by atoms with van der Waals surface area (Å²) in [7, 11) is -3.82. The standard InChI is InChI=1S/C23H27ClN2O3S/c24-21-13-11-20(12-14-21)17-26(30(28,29)22-9-5-2-6-10-22)18-23(27)25-16-15-19-7-3-1-4-8-19/h2,5-7,9-14H,1,3-4,8,15-18H2,(H,25,27). The summed E-state index contributed by atoms with van der Waals surface area (Å²) in [5, 5.41) is 3.45. The molecule has 5 nitrogen and oxygen atoms in total. The molecule has 0 atom stereocenters.